The van der Waals surface area contributed by atoms with Gasteiger partial charge in [-0.3, -0.25) is 0 Å². The fourth-order valence-electron chi connectivity index (χ4n) is 2.16. The van der Waals surface area contributed by atoms with E-state index in [1.807, 2.05) is 0 Å². The van der Waals surface area contributed by atoms with Crippen molar-refractivity contribution in [3.05, 3.63) is 29.3 Å². The normalized spacial score (nSPS) is 19.2. The summed E-state index contributed by atoms with van der Waals surface area (Å²) in [5.74, 6) is 1.26. The summed E-state index contributed by atoms with van der Waals surface area (Å²) in [7, 11) is 1.60. The first-order chi connectivity index (χ1) is 9.74. The molecule has 1 unspecified atom stereocenters. The van der Waals surface area contributed by atoms with Crippen molar-refractivity contribution in [2.75, 3.05) is 26.9 Å². The highest BCUT2D eigenvalue weighted by molar-refractivity contribution is 5.97. The molecule has 0 amide bonds. The second-order valence-corrected chi connectivity index (χ2v) is 4.76. The largest absolute Gasteiger partial charge is 0.496 e. The summed E-state index contributed by atoms with van der Waals surface area (Å²) in [6, 6.07) is 5.33. The summed E-state index contributed by atoms with van der Waals surface area (Å²) < 4.78 is 16.3. The van der Waals surface area contributed by atoms with Gasteiger partial charge in [-0.25, -0.2) is 0 Å². The van der Waals surface area contributed by atoms with Gasteiger partial charge in [-0.15, -0.1) is 0 Å². The van der Waals surface area contributed by atoms with E-state index in [-0.39, 0.29) is 5.84 Å². The predicted molar refractivity (Wildman–Crippen MR) is 74.1 cm³/mol. The highest BCUT2D eigenvalue weighted by Gasteiger charge is 2.16. The van der Waals surface area contributed by atoms with Crippen LogP contribution < -0.4 is 10.5 Å². The number of hydrogen-bond donors (Lipinski definition) is 2. The Bertz CT molecular complexity index is 470. The Labute approximate surface area is 118 Å². The van der Waals surface area contributed by atoms with E-state index >= 15 is 0 Å². The van der Waals surface area contributed by atoms with Gasteiger partial charge in [-0.2, -0.15) is 0 Å². The predicted octanol–water partition coefficient (Wildman–Crippen LogP) is 1.34. The number of rotatable bonds is 6. The van der Waals surface area contributed by atoms with Crippen LogP contribution in [0, 0.1) is 5.92 Å². The Morgan fingerprint density at radius 3 is 3.05 bits per heavy atom. The van der Waals surface area contributed by atoms with E-state index in [2.05, 4.69) is 5.16 Å². The second kappa shape index (κ2) is 7.12. The number of oxime groups is 1. The third-order valence-corrected chi connectivity index (χ3v) is 3.32. The molecule has 1 aromatic rings. The molecular formula is C14H20N2O4. The summed E-state index contributed by atoms with van der Waals surface area (Å²) in [5.41, 5.74) is 7.09. The van der Waals surface area contributed by atoms with E-state index in [0.717, 1.165) is 30.9 Å². The molecule has 6 heteroatoms. The number of nitrogens with two attached hydrogens (primary N) is 1. The lowest BCUT2D eigenvalue weighted by Crippen LogP contribution is -2.14. The van der Waals surface area contributed by atoms with E-state index in [1.165, 1.54) is 0 Å². The van der Waals surface area contributed by atoms with Gasteiger partial charge < -0.3 is 25.2 Å². The lowest BCUT2D eigenvalue weighted by molar-refractivity contribution is 0.0780. The Morgan fingerprint density at radius 1 is 1.55 bits per heavy atom. The van der Waals surface area contributed by atoms with Crippen LogP contribution in [0.2, 0.25) is 0 Å². The standard InChI is InChI=1S/C14H20N2O4/c1-18-13-3-2-11(14(15)16-17)6-12(13)9-20-8-10-4-5-19-7-10/h2-3,6,10,17H,4-5,7-9H2,1H3,(H2,15,16). The van der Waals surface area contributed by atoms with E-state index in [0.29, 0.717) is 24.7 Å². The topological polar surface area (TPSA) is 86.3 Å². The van der Waals surface area contributed by atoms with Crippen molar-refractivity contribution < 1.29 is 19.4 Å². The molecule has 0 radical (unpaired) electrons. The van der Waals surface area contributed by atoms with E-state index in [9.17, 15) is 0 Å². The first-order valence-corrected chi connectivity index (χ1v) is 6.55. The zero-order valence-electron chi connectivity index (χ0n) is 11.5. The second-order valence-electron chi connectivity index (χ2n) is 4.76. The average Bonchev–Trinajstić information content (AvgIpc) is 2.99. The van der Waals surface area contributed by atoms with Crippen LogP contribution in [0.3, 0.4) is 0 Å². The molecule has 0 aromatic heterocycles. The minimum Gasteiger partial charge on any atom is -0.496 e. The summed E-state index contributed by atoms with van der Waals surface area (Å²) in [6.07, 6.45) is 1.04. The van der Waals surface area contributed by atoms with Crippen LogP contribution in [0.5, 0.6) is 5.75 Å². The van der Waals surface area contributed by atoms with Crippen molar-refractivity contribution in [2.24, 2.45) is 16.8 Å². The SMILES string of the molecule is COc1ccc(/C(N)=N/O)cc1COCC1CCOC1. The molecule has 1 aliphatic heterocycles. The molecule has 20 heavy (non-hydrogen) atoms. The molecule has 110 valence electrons. The molecule has 1 aromatic carbocycles. The van der Waals surface area contributed by atoms with Crippen LogP contribution in [-0.4, -0.2) is 38.0 Å². The summed E-state index contributed by atoms with van der Waals surface area (Å²) in [4.78, 5) is 0. The maximum Gasteiger partial charge on any atom is 0.170 e. The molecule has 2 rings (SSSR count). The van der Waals surface area contributed by atoms with Crippen molar-refractivity contribution in [1.29, 1.82) is 0 Å². The summed E-state index contributed by atoms with van der Waals surface area (Å²) in [6.45, 7) is 2.67. The molecular weight excluding hydrogens is 260 g/mol. The molecule has 0 saturated carbocycles. The molecule has 6 nitrogen and oxygen atoms in total. The first-order valence-electron chi connectivity index (χ1n) is 6.55. The van der Waals surface area contributed by atoms with Crippen LogP contribution in [0.4, 0.5) is 0 Å². The van der Waals surface area contributed by atoms with Crippen molar-refractivity contribution >= 4 is 5.84 Å². The van der Waals surface area contributed by atoms with E-state index < -0.39 is 0 Å². The number of benzene rings is 1. The van der Waals surface area contributed by atoms with Crippen LogP contribution in [0.1, 0.15) is 17.5 Å². The molecule has 1 atom stereocenters. The van der Waals surface area contributed by atoms with Gasteiger partial charge in [0.2, 0.25) is 0 Å². The Hall–Kier alpha value is -1.79. The first kappa shape index (κ1) is 14.6. The monoisotopic (exact) mass is 280 g/mol. The molecule has 0 bridgehead atoms. The fraction of sp³-hybridized carbons (Fsp3) is 0.500. The molecule has 1 aliphatic rings. The van der Waals surface area contributed by atoms with Gasteiger partial charge in [0.25, 0.3) is 0 Å². The average molecular weight is 280 g/mol. The summed E-state index contributed by atoms with van der Waals surface area (Å²) >= 11 is 0. The number of hydrogen-bond acceptors (Lipinski definition) is 5. The third kappa shape index (κ3) is 3.61. The highest BCUT2D eigenvalue weighted by atomic mass is 16.5. The molecule has 0 spiro atoms. The van der Waals surface area contributed by atoms with Crippen LogP contribution in [0.25, 0.3) is 0 Å². The van der Waals surface area contributed by atoms with Crippen molar-refractivity contribution in [1.82, 2.24) is 0 Å². The van der Waals surface area contributed by atoms with Gasteiger partial charge in [0.05, 0.1) is 26.9 Å². The zero-order chi connectivity index (χ0) is 14.4. The van der Waals surface area contributed by atoms with Gasteiger partial charge in [-0.05, 0) is 24.6 Å². The molecule has 0 aliphatic carbocycles. The van der Waals surface area contributed by atoms with Gasteiger partial charge >= 0.3 is 0 Å². The molecule has 1 fully saturated rings. The lowest BCUT2D eigenvalue weighted by Gasteiger charge is -2.12. The Morgan fingerprint density at radius 2 is 2.40 bits per heavy atom. The maximum atomic E-state index is 8.71. The van der Waals surface area contributed by atoms with Crippen molar-refractivity contribution in [3.63, 3.8) is 0 Å². The molecule has 3 N–H and O–H groups in total. The minimum atomic E-state index is 0.0677. The van der Waals surface area contributed by atoms with E-state index in [1.54, 1.807) is 25.3 Å². The van der Waals surface area contributed by atoms with Crippen LogP contribution in [0.15, 0.2) is 23.4 Å². The van der Waals surface area contributed by atoms with Crippen molar-refractivity contribution in [2.45, 2.75) is 13.0 Å². The number of methoxy groups -OCH3 is 1. The number of amidine groups is 1. The number of ether oxygens (including phenoxy) is 3. The smallest absolute Gasteiger partial charge is 0.170 e. The summed E-state index contributed by atoms with van der Waals surface area (Å²) in [5, 5.41) is 11.7. The quantitative estimate of drug-likeness (QED) is 0.355. The highest BCUT2D eigenvalue weighted by Crippen LogP contribution is 2.22. The van der Waals surface area contributed by atoms with Crippen LogP contribution >= 0.6 is 0 Å². The third-order valence-electron chi connectivity index (χ3n) is 3.32. The van der Waals surface area contributed by atoms with Gasteiger partial charge in [-0.1, -0.05) is 5.16 Å². The molecule has 1 heterocycles. The van der Waals surface area contributed by atoms with E-state index in [4.69, 9.17) is 25.2 Å². The molecule has 1 saturated heterocycles. The van der Waals surface area contributed by atoms with Gasteiger partial charge in [0.15, 0.2) is 5.84 Å². The fourth-order valence-corrected chi connectivity index (χ4v) is 2.16. The minimum absolute atomic E-state index is 0.0677. The van der Waals surface area contributed by atoms with Gasteiger partial charge in [0, 0.05) is 23.7 Å². The zero-order valence-corrected chi connectivity index (χ0v) is 11.5. The number of nitrogens with zero attached hydrogens (tertiary/aromatic N) is 1. The lowest BCUT2D eigenvalue weighted by atomic mass is 10.1. The maximum absolute atomic E-state index is 8.71. The van der Waals surface area contributed by atoms with Crippen molar-refractivity contribution in [3.8, 4) is 5.75 Å². The Kier molecular flexibility index (Phi) is 5.20. The Balaban J connectivity index is 2.00. The van der Waals surface area contributed by atoms with Gasteiger partial charge in [0.1, 0.15) is 5.75 Å². The van der Waals surface area contributed by atoms with Crippen LogP contribution in [-0.2, 0) is 16.1 Å².